The zero-order chi connectivity index (χ0) is 32.4. The third kappa shape index (κ3) is 9.47. The van der Waals surface area contributed by atoms with Crippen LogP contribution in [0.2, 0.25) is 0 Å². The van der Waals surface area contributed by atoms with Gasteiger partial charge < -0.3 is 45.9 Å². The number of hydrogen-bond donors (Lipinski definition) is 8. The fourth-order valence-electron chi connectivity index (χ4n) is 4.23. The predicted molar refractivity (Wildman–Crippen MR) is 164 cm³/mol. The molecule has 3 aromatic rings. The highest BCUT2D eigenvalue weighted by Crippen LogP contribution is 2.14. The van der Waals surface area contributed by atoms with E-state index >= 15 is 0 Å². The average molecular weight is 607 g/mol. The van der Waals surface area contributed by atoms with E-state index in [1.165, 1.54) is 75.4 Å². The van der Waals surface area contributed by atoms with E-state index in [0.717, 1.165) is 0 Å². The second kappa shape index (κ2) is 16.1. The van der Waals surface area contributed by atoms with Crippen LogP contribution in [0.4, 0.5) is 17.1 Å². The third-order valence-corrected chi connectivity index (χ3v) is 6.18. The van der Waals surface area contributed by atoms with E-state index in [2.05, 4.69) is 16.0 Å². The quantitative estimate of drug-likeness (QED) is 0.0598. The summed E-state index contributed by atoms with van der Waals surface area (Å²) in [5.41, 5.74) is 1.82. The highest BCUT2D eigenvalue weighted by Gasteiger charge is 2.35. The maximum absolute atomic E-state index is 11.7. The van der Waals surface area contributed by atoms with Crippen molar-refractivity contribution in [3.05, 3.63) is 71.3 Å². The van der Waals surface area contributed by atoms with Gasteiger partial charge in [-0.1, -0.05) is 18.2 Å². The molecule has 0 spiro atoms. The summed E-state index contributed by atoms with van der Waals surface area (Å²) < 4.78 is 5.79. The van der Waals surface area contributed by atoms with Crippen LogP contribution in [0.3, 0.4) is 0 Å². The van der Waals surface area contributed by atoms with E-state index in [-0.39, 0.29) is 50.6 Å². The van der Waals surface area contributed by atoms with Crippen molar-refractivity contribution in [2.45, 2.75) is 40.6 Å². The number of hydrogen-bond acceptors (Lipinski definition) is 11. The second-order valence-corrected chi connectivity index (χ2v) is 9.62. The first-order chi connectivity index (χ1) is 20.9. The molecule has 3 rings (SSSR count). The van der Waals surface area contributed by atoms with Crippen LogP contribution >= 0.6 is 0 Å². The molecule has 0 radical (unpaired) electrons. The van der Waals surface area contributed by atoms with Crippen molar-refractivity contribution in [2.24, 2.45) is 0 Å². The summed E-state index contributed by atoms with van der Waals surface area (Å²) in [6.45, 7) is 2.38. The van der Waals surface area contributed by atoms with Gasteiger partial charge in [0.25, 0.3) is 0 Å². The fourth-order valence-corrected chi connectivity index (χ4v) is 4.23. The van der Waals surface area contributed by atoms with Crippen LogP contribution in [-0.4, -0.2) is 64.4 Å². The van der Waals surface area contributed by atoms with Crippen LogP contribution in [0.1, 0.15) is 37.5 Å². The average Bonchev–Trinajstić information content (AvgIpc) is 2.98. The van der Waals surface area contributed by atoms with Gasteiger partial charge in [-0.25, -0.2) is 0 Å². The van der Waals surface area contributed by atoms with Gasteiger partial charge in [-0.05, 0) is 69.5 Å². The lowest BCUT2D eigenvalue weighted by atomic mass is 9.68. The van der Waals surface area contributed by atoms with Gasteiger partial charge >= 0.3 is 21.4 Å². The zero-order valence-electron chi connectivity index (χ0n) is 24.2. The Morgan fingerprint density at radius 1 is 0.591 bits per heavy atom. The van der Waals surface area contributed by atoms with Gasteiger partial charge in [0.05, 0.1) is 19.8 Å². The molecule has 17 heteroatoms. The molecule has 0 aliphatic rings. The van der Waals surface area contributed by atoms with E-state index in [1.807, 2.05) is 0 Å². The molecular weight excluding hydrogens is 575 g/mol. The van der Waals surface area contributed by atoms with Crippen LogP contribution in [0.25, 0.3) is 0 Å². The molecule has 0 unspecified atom stereocenters. The molecule has 230 valence electrons. The van der Waals surface area contributed by atoms with Gasteiger partial charge in [0, 0.05) is 37.8 Å². The largest absolute Gasteiger partial charge is 0.521 e. The zero-order valence-corrected chi connectivity index (χ0v) is 24.2. The molecule has 0 saturated heterocycles. The minimum absolute atomic E-state index is 0.0398. The number of amides is 3. The molecule has 0 fully saturated rings. The molecule has 0 bridgehead atoms. The lowest BCUT2D eigenvalue weighted by Crippen LogP contribution is -2.50. The smallest absolute Gasteiger partial charge is 0.442 e. The summed E-state index contributed by atoms with van der Waals surface area (Å²) in [7, 11) is -5.34. The lowest BCUT2D eigenvalue weighted by Gasteiger charge is -2.22. The fraction of sp³-hybridized carbons (Fsp3) is 0.222. The number of aliphatic hydroxyl groups is 3. The number of rotatable bonds is 14. The number of nitrogens with one attached hydrogen (secondary N) is 3. The van der Waals surface area contributed by atoms with E-state index < -0.39 is 47.1 Å². The number of aliphatic hydroxyl groups excluding tert-OH is 3. The summed E-state index contributed by atoms with van der Waals surface area (Å²) in [5.74, 6) is -1.14. The highest BCUT2D eigenvalue weighted by atomic mass is 17.2. The van der Waals surface area contributed by atoms with E-state index in [1.54, 1.807) is 0 Å². The molecule has 44 heavy (non-hydrogen) atoms. The number of benzene rings is 3. The Morgan fingerprint density at radius 2 is 0.955 bits per heavy atom. The van der Waals surface area contributed by atoms with Crippen LogP contribution in [0.15, 0.2) is 54.6 Å². The molecule has 0 aromatic heterocycles. The number of anilines is 3. The molecule has 0 aliphatic heterocycles. The maximum atomic E-state index is 11.7. The molecule has 0 atom stereocenters. The van der Waals surface area contributed by atoms with E-state index in [9.17, 15) is 39.8 Å². The summed E-state index contributed by atoms with van der Waals surface area (Å²) >= 11 is 0. The Bertz CT molecular complexity index is 1490. The van der Waals surface area contributed by atoms with Crippen LogP contribution in [0, 0.1) is 0 Å². The topological polar surface area (TPSA) is 216 Å². The SMILES string of the molecule is CC(=O)Nc1ccc(CO)c(B(O)OOB(OB(O)c2cc(NC(C)=O)ccc2CO)c2cc(NC(C)=O)ccc2CO)c1. The van der Waals surface area contributed by atoms with Crippen molar-refractivity contribution < 1.29 is 53.9 Å². The standard InChI is InChI=1S/C27H32B3N3O11/c1-16(37)31-22-7-4-19(13-34)25(10-22)28(40)42-30(27-12-24(33-18(3)39)9-6-21(27)15-36)44-43-29(41)26-11-23(32-17(2)38)8-5-20(26)14-35/h4-12,34-36,40-41H,13-15H2,1-3H3,(H,31,37)(H,32,38)(H,33,39). The van der Waals surface area contributed by atoms with Crippen molar-refractivity contribution >= 4 is 72.5 Å². The van der Waals surface area contributed by atoms with Crippen LogP contribution in [-0.2, 0) is 48.4 Å². The summed E-state index contributed by atoms with van der Waals surface area (Å²) in [6, 6.07) is 13.1. The Hall–Kier alpha value is -4.06. The molecule has 14 nitrogen and oxygen atoms in total. The van der Waals surface area contributed by atoms with Crippen LogP contribution in [0.5, 0.6) is 0 Å². The summed E-state index contributed by atoms with van der Waals surface area (Å²) in [4.78, 5) is 45.5. The molecule has 0 saturated carbocycles. The molecular formula is C27H32B3N3O11. The van der Waals surface area contributed by atoms with Crippen LogP contribution < -0.4 is 32.3 Å². The molecule has 8 N–H and O–H groups in total. The normalized spacial score (nSPS) is 10.6. The highest BCUT2D eigenvalue weighted by molar-refractivity contribution is 6.74. The van der Waals surface area contributed by atoms with E-state index in [0.29, 0.717) is 11.4 Å². The van der Waals surface area contributed by atoms with Crippen molar-refractivity contribution in [3.63, 3.8) is 0 Å². The monoisotopic (exact) mass is 607 g/mol. The van der Waals surface area contributed by atoms with Gasteiger partial charge in [-0.2, -0.15) is 0 Å². The van der Waals surface area contributed by atoms with Gasteiger partial charge in [0.1, 0.15) is 0 Å². The predicted octanol–water partition coefficient (Wildman–Crippen LogP) is -1.53. The Labute approximate surface area is 254 Å². The summed E-state index contributed by atoms with van der Waals surface area (Å²) in [5, 5.41) is 59.4. The number of carbonyl (C=O) groups is 3. The van der Waals surface area contributed by atoms with Crippen molar-refractivity contribution in [1.82, 2.24) is 0 Å². The lowest BCUT2D eigenvalue weighted by molar-refractivity contribution is -0.132. The Morgan fingerprint density at radius 3 is 1.34 bits per heavy atom. The Kier molecular flexibility index (Phi) is 12.6. The minimum Gasteiger partial charge on any atom is -0.442 e. The third-order valence-electron chi connectivity index (χ3n) is 6.18. The first-order valence-corrected chi connectivity index (χ1v) is 13.3. The number of carbonyl (C=O) groups excluding carboxylic acids is 3. The molecule has 0 heterocycles. The van der Waals surface area contributed by atoms with Crippen molar-refractivity contribution in [1.29, 1.82) is 0 Å². The molecule has 3 amide bonds. The summed E-state index contributed by atoms with van der Waals surface area (Å²) in [6.07, 6.45) is 0. The molecule has 3 aromatic carbocycles. The van der Waals surface area contributed by atoms with Crippen molar-refractivity contribution in [2.75, 3.05) is 16.0 Å². The maximum Gasteiger partial charge on any atom is 0.521 e. The van der Waals surface area contributed by atoms with Gasteiger partial charge in [0.2, 0.25) is 17.7 Å². The minimum atomic E-state index is -1.85. The first kappa shape index (κ1) is 34.4. The van der Waals surface area contributed by atoms with Gasteiger partial charge in [-0.3, -0.25) is 24.0 Å². The molecule has 0 aliphatic carbocycles. The first-order valence-electron chi connectivity index (χ1n) is 13.3. The van der Waals surface area contributed by atoms with Crippen molar-refractivity contribution in [3.8, 4) is 0 Å². The van der Waals surface area contributed by atoms with Gasteiger partial charge in [-0.15, -0.1) is 0 Å². The second-order valence-electron chi connectivity index (χ2n) is 9.62. The van der Waals surface area contributed by atoms with E-state index in [4.69, 9.17) is 14.2 Å². The Balaban J connectivity index is 2.01. The van der Waals surface area contributed by atoms with Gasteiger partial charge in [0.15, 0.2) is 0 Å².